The Morgan fingerprint density at radius 1 is 1.40 bits per heavy atom. The van der Waals surface area contributed by atoms with Gasteiger partial charge in [-0.3, -0.25) is 4.79 Å². The first-order valence-corrected chi connectivity index (χ1v) is 7.98. The van der Waals surface area contributed by atoms with Gasteiger partial charge in [-0.1, -0.05) is 30.0 Å². The number of nitrogens with one attached hydrogen (secondary N) is 1. The molecular formula is C12H15N5OS2. The molecule has 0 saturated heterocycles. The van der Waals surface area contributed by atoms with Crippen LogP contribution < -0.4 is 5.32 Å². The lowest BCUT2D eigenvalue weighted by molar-refractivity contribution is -0.118. The van der Waals surface area contributed by atoms with Crippen LogP contribution in [0.1, 0.15) is 22.6 Å². The number of thioether (sulfide) groups is 1. The minimum absolute atomic E-state index is 0.0617. The normalized spacial score (nSPS) is 10.5. The number of hydrogen-bond acceptors (Lipinski definition) is 7. The third kappa shape index (κ3) is 4.53. The van der Waals surface area contributed by atoms with Crippen LogP contribution in [0.25, 0.3) is 0 Å². The highest BCUT2D eigenvalue weighted by Gasteiger charge is 2.07. The molecule has 0 radical (unpaired) electrons. The maximum atomic E-state index is 11.7. The molecule has 2 rings (SSSR count). The van der Waals surface area contributed by atoms with Gasteiger partial charge < -0.3 is 5.32 Å². The van der Waals surface area contributed by atoms with Gasteiger partial charge in [0.1, 0.15) is 10.0 Å². The van der Waals surface area contributed by atoms with E-state index >= 15 is 0 Å². The molecule has 1 amide bonds. The fourth-order valence-corrected chi connectivity index (χ4v) is 2.78. The topological polar surface area (TPSA) is 80.7 Å². The first-order valence-electron chi connectivity index (χ1n) is 6.17. The minimum atomic E-state index is -0.0617. The molecule has 106 valence electrons. The second-order valence-electron chi connectivity index (χ2n) is 3.99. The lowest BCUT2D eigenvalue weighted by Crippen LogP contribution is -2.24. The van der Waals surface area contributed by atoms with Crippen molar-refractivity contribution < 1.29 is 4.79 Å². The Kier molecular flexibility index (Phi) is 5.42. The van der Waals surface area contributed by atoms with Crippen molar-refractivity contribution in [3.05, 3.63) is 28.0 Å². The van der Waals surface area contributed by atoms with Crippen LogP contribution in [0, 0.1) is 6.92 Å². The molecule has 0 unspecified atom stereocenters. The minimum Gasteiger partial charge on any atom is -0.349 e. The summed E-state index contributed by atoms with van der Waals surface area (Å²) < 4.78 is 0. The van der Waals surface area contributed by atoms with Gasteiger partial charge >= 0.3 is 0 Å². The quantitative estimate of drug-likeness (QED) is 0.645. The molecule has 0 fully saturated rings. The van der Waals surface area contributed by atoms with Crippen molar-refractivity contribution in [2.75, 3.05) is 5.75 Å². The lowest BCUT2D eigenvalue weighted by Gasteiger charge is -2.02. The molecule has 2 aromatic rings. The van der Waals surface area contributed by atoms with Gasteiger partial charge in [0, 0.05) is 11.9 Å². The summed E-state index contributed by atoms with van der Waals surface area (Å²) in [7, 11) is 0. The average molecular weight is 309 g/mol. The number of aryl methyl sites for hydroxylation is 2. The molecule has 0 aliphatic carbocycles. The van der Waals surface area contributed by atoms with E-state index in [1.807, 2.05) is 19.9 Å². The second kappa shape index (κ2) is 7.30. The summed E-state index contributed by atoms with van der Waals surface area (Å²) in [5, 5.41) is 13.3. The zero-order valence-electron chi connectivity index (χ0n) is 11.3. The molecule has 0 spiro atoms. The van der Waals surface area contributed by atoms with Crippen LogP contribution in [0.15, 0.2) is 17.4 Å². The molecule has 0 aromatic carbocycles. The van der Waals surface area contributed by atoms with Gasteiger partial charge in [-0.25, -0.2) is 9.97 Å². The van der Waals surface area contributed by atoms with Crippen molar-refractivity contribution >= 4 is 29.0 Å². The van der Waals surface area contributed by atoms with Crippen molar-refractivity contribution in [1.82, 2.24) is 25.5 Å². The van der Waals surface area contributed by atoms with Crippen LogP contribution in [0.3, 0.4) is 0 Å². The van der Waals surface area contributed by atoms with E-state index in [-0.39, 0.29) is 5.91 Å². The Morgan fingerprint density at radius 2 is 2.20 bits per heavy atom. The van der Waals surface area contributed by atoms with Crippen LogP contribution in [-0.4, -0.2) is 31.8 Å². The number of aromatic nitrogens is 4. The van der Waals surface area contributed by atoms with Crippen LogP contribution in [0.2, 0.25) is 0 Å². The molecule has 2 heterocycles. The Bertz CT molecular complexity index is 587. The van der Waals surface area contributed by atoms with E-state index in [0.29, 0.717) is 17.5 Å². The largest absolute Gasteiger partial charge is 0.349 e. The Labute approximate surface area is 125 Å². The smallest absolute Gasteiger partial charge is 0.230 e. The Hall–Kier alpha value is -1.54. The molecular weight excluding hydrogens is 294 g/mol. The number of hydrogen-bond donors (Lipinski definition) is 1. The van der Waals surface area contributed by atoms with Gasteiger partial charge in [0.25, 0.3) is 0 Å². The standard InChI is InChI=1S/C12H15N5OS2/c1-3-10-16-17-11(20-10)6-14-9(18)7-19-12-13-5-4-8(2)15-12/h4-5H,3,6-7H2,1-2H3,(H,14,18). The number of nitrogens with zero attached hydrogens (tertiary/aromatic N) is 4. The highest BCUT2D eigenvalue weighted by Crippen LogP contribution is 2.12. The van der Waals surface area contributed by atoms with E-state index < -0.39 is 0 Å². The summed E-state index contributed by atoms with van der Waals surface area (Å²) in [4.78, 5) is 20.0. The summed E-state index contributed by atoms with van der Waals surface area (Å²) in [6.45, 7) is 4.35. The molecule has 1 N–H and O–H groups in total. The zero-order chi connectivity index (χ0) is 14.4. The number of amides is 1. The van der Waals surface area contributed by atoms with Gasteiger partial charge in [-0.15, -0.1) is 10.2 Å². The molecule has 0 atom stereocenters. The van der Waals surface area contributed by atoms with Crippen molar-refractivity contribution in [2.24, 2.45) is 0 Å². The van der Waals surface area contributed by atoms with Gasteiger partial charge in [0.05, 0.1) is 12.3 Å². The molecule has 20 heavy (non-hydrogen) atoms. The third-order valence-corrected chi connectivity index (χ3v) is 4.28. The van der Waals surface area contributed by atoms with Gasteiger partial charge in [-0.2, -0.15) is 0 Å². The van der Waals surface area contributed by atoms with Crippen molar-refractivity contribution in [1.29, 1.82) is 0 Å². The fraction of sp³-hybridized carbons (Fsp3) is 0.417. The van der Waals surface area contributed by atoms with E-state index in [1.165, 1.54) is 23.1 Å². The highest BCUT2D eigenvalue weighted by molar-refractivity contribution is 7.99. The summed E-state index contributed by atoms with van der Waals surface area (Å²) in [5.74, 6) is 0.233. The summed E-state index contributed by atoms with van der Waals surface area (Å²) in [6, 6.07) is 1.82. The predicted molar refractivity (Wildman–Crippen MR) is 78.6 cm³/mol. The maximum Gasteiger partial charge on any atom is 0.230 e. The first-order chi connectivity index (χ1) is 9.67. The average Bonchev–Trinajstić information content (AvgIpc) is 2.91. The van der Waals surface area contributed by atoms with Crippen molar-refractivity contribution in [3.8, 4) is 0 Å². The van der Waals surface area contributed by atoms with Crippen molar-refractivity contribution in [2.45, 2.75) is 32.0 Å². The molecule has 2 aromatic heterocycles. The summed E-state index contributed by atoms with van der Waals surface area (Å²) >= 11 is 2.84. The highest BCUT2D eigenvalue weighted by atomic mass is 32.2. The number of carbonyl (C=O) groups is 1. The molecule has 0 aliphatic rings. The van der Waals surface area contributed by atoms with Gasteiger partial charge in [0.15, 0.2) is 5.16 Å². The number of carbonyl (C=O) groups excluding carboxylic acids is 1. The van der Waals surface area contributed by atoms with E-state index in [4.69, 9.17) is 0 Å². The SMILES string of the molecule is CCc1nnc(CNC(=O)CSc2nccc(C)n2)s1. The Morgan fingerprint density at radius 3 is 2.90 bits per heavy atom. The summed E-state index contributed by atoms with van der Waals surface area (Å²) in [5.41, 5.74) is 0.892. The van der Waals surface area contributed by atoms with E-state index in [9.17, 15) is 4.79 Å². The molecule has 0 bridgehead atoms. The van der Waals surface area contributed by atoms with Crippen LogP contribution in [0.5, 0.6) is 0 Å². The van der Waals surface area contributed by atoms with Crippen molar-refractivity contribution in [3.63, 3.8) is 0 Å². The van der Waals surface area contributed by atoms with Crippen LogP contribution in [0.4, 0.5) is 0 Å². The van der Waals surface area contributed by atoms with Gasteiger partial charge in [-0.05, 0) is 19.4 Å². The molecule has 6 nitrogen and oxygen atoms in total. The number of rotatable bonds is 6. The zero-order valence-corrected chi connectivity index (χ0v) is 12.9. The van der Waals surface area contributed by atoms with Crippen LogP contribution in [-0.2, 0) is 17.8 Å². The maximum absolute atomic E-state index is 11.7. The van der Waals surface area contributed by atoms with E-state index in [0.717, 1.165) is 22.1 Å². The third-order valence-electron chi connectivity index (χ3n) is 2.35. The van der Waals surface area contributed by atoms with E-state index in [2.05, 4.69) is 25.5 Å². The first kappa shape index (κ1) is 14.9. The lowest BCUT2D eigenvalue weighted by atomic mass is 10.5. The van der Waals surface area contributed by atoms with Gasteiger partial charge in [0.2, 0.25) is 5.91 Å². The van der Waals surface area contributed by atoms with Crippen LogP contribution >= 0.6 is 23.1 Å². The Balaban J connectivity index is 1.75. The summed E-state index contributed by atoms with van der Waals surface area (Å²) in [6.07, 6.45) is 2.56. The predicted octanol–water partition coefficient (Wildman–Crippen LogP) is 1.61. The van der Waals surface area contributed by atoms with E-state index in [1.54, 1.807) is 6.20 Å². The molecule has 0 saturated carbocycles. The molecule has 8 heteroatoms. The molecule has 0 aliphatic heterocycles. The fourth-order valence-electron chi connectivity index (χ4n) is 1.35. The second-order valence-corrected chi connectivity index (χ2v) is 6.08. The monoisotopic (exact) mass is 309 g/mol.